The topological polar surface area (TPSA) is 82.8 Å². The van der Waals surface area contributed by atoms with Gasteiger partial charge in [0, 0.05) is 62.7 Å². The van der Waals surface area contributed by atoms with Gasteiger partial charge in [-0.2, -0.15) is 4.98 Å². The molecule has 3 heterocycles. The lowest BCUT2D eigenvalue weighted by molar-refractivity contribution is -0.131. The van der Waals surface area contributed by atoms with Crippen LogP contribution in [0.5, 0.6) is 0 Å². The van der Waals surface area contributed by atoms with Crippen LogP contribution in [0.15, 0.2) is 28.8 Å². The van der Waals surface area contributed by atoms with Crippen molar-refractivity contribution in [2.24, 2.45) is 0 Å². The molecule has 1 aromatic heterocycles. The van der Waals surface area contributed by atoms with Crippen molar-refractivity contribution in [3.05, 3.63) is 46.6 Å². The summed E-state index contributed by atoms with van der Waals surface area (Å²) in [5, 5.41) is 4.70. The van der Waals surface area contributed by atoms with E-state index in [2.05, 4.69) is 15.0 Å². The number of likely N-dealkylation sites (tertiary alicyclic amines) is 1. The zero-order valence-electron chi connectivity index (χ0n) is 18.7. The maximum absolute atomic E-state index is 12.6. The van der Waals surface area contributed by atoms with Crippen LogP contribution < -0.4 is 0 Å². The number of piperazine rings is 1. The van der Waals surface area contributed by atoms with E-state index in [1.165, 1.54) is 12.8 Å². The summed E-state index contributed by atoms with van der Waals surface area (Å²) < 4.78 is 5.36. The van der Waals surface area contributed by atoms with E-state index in [1.54, 1.807) is 24.3 Å². The minimum absolute atomic E-state index is 0. The summed E-state index contributed by atoms with van der Waals surface area (Å²) in [6.07, 6.45) is 5.49. The number of halogens is 2. The van der Waals surface area contributed by atoms with Crippen molar-refractivity contribution in [2.45, 2.75) is 45.1 Å². The number of carbonyl (C=O) groups is 2. The molecule has 0 atom stereocenters. The molecule has 0 aliphatic carbocycles. The number of aromatic nitrogens is 2. The second-order valence-electron chi connectivity index (χ2n) is 8.47. The number of carbonyl (C=O) groups excluding carboxylic acids is 2. The maximum atomic E-state index is 12.6. The Morgan fingerprint density at radius 2 is 1.58 bits per heavy atom. The Balaban J connectivity index is 0.00000306. The van der Waals surface area contributed by atoms with Gasteiger partial charge < -0.3 is 14.3 Å². The number of hydrogen-bond donors (Lipinski definition) is 0. The molecule has 2 aliphatic rings. The average molecular weight is 496 g/mol. The first-order chi connectivity index (χ1) is 15.6. The Morgan fingerprint density at radius 3 is 2.24 bits per heavy atom. The highest BCUT2D eigenvalue weighted by Crippen LogP contribution is 2.15. The van der Waals surface area contributed by atoms with Crippen LogP contribution in [-0.2, 0) is 17.8 Å². The lowest BCUT2D eigenvalue weighted by atomic mass is 10.2. The highest BCUT2D eigenvalue weighted by molar-refractivity contribution is 6.30. The summed E-state index contributed by atoms with van der Waals surface area (Å²) in [7, 11) is 0. The van der Waals surface area contributed by atoms with Gasteiger partial charge in [-0.3, -0.25) is 14.5 Å². The molecular formula is C23H31Cl2N5O3. The van der Waals surface area contributed by atoms with Crippen LogP contribution in [0.4, 0.5) is 0 Å². The van der Waals surface area contributed by atoms with Crippen molar-refractivity contribution >= 4 is 35.8 Å². The highest BCUT2D eigenvalue weighted by Gasteiger charge is 2.23. The Morgan fingerprint density at radius 1 is 0.909 bits per heavy atom. The molecule has 8 nitrogen and oxygen atoms in total. The van der Waals surface area contributed by atoms with Crippen LogP contribution in [0.1, 0.15) is 54.2 Å². The highest BCUT2D eigenvalue weighted by atomic mass is 35.5. The Hall–Kier alpha value is -2.16. The fourth-order valence-electron chi connectivity index (χ4n) is 4.23. The van der Waals surface area contributed by atoms with Gasteiger partial charge in [0.15, 0.2) is 5.82 Å². The van der Waals surface area contributed by atoms with Crippen molar-refractivity contribution in [3.8, 4) is 0 Å². The average Bonchev–Trinajstić information content (AvgIpc) is 3.07. The van der Waals surface area contributed by atoms with E-state index < -0.39 is 0 Å². The fourth-order valence-corrected chi connectivity index (χ4v) is 4.36. The van der Waals surface area contributed by atoms with E-state index in [1.807, 2.05) is 9.80 Å². The maximum Gasteiger partial charge on any atom is 0.253 e. The van der Waals surface area contributed by atoms with Crippen molar-refractivity contribution in [1.29, 1.82) is 0 Å². The van der Waals surface area contributed by atoms with E-state index in [0.29, 0.717) is 54.8 Å². The predicted octanol–water partition coefficient (Wildman–Crippen LogP) is 3.44. The summed E-state index contributed by atoms with van der Waals surface area (Å²) in [5.74, 6) is 1.34. The summed E-state index contributed by atoms with van der Waals surface area (Å²) >= 11 is 5.91. The molecule has 33 heavy (non-hydrogen) atoms. The molecule has 0 radical (unpaired) electrons. The van der Waals surface area contributed by atoms with Gasteiger partial charge in [0.1, 0.15) is 0 Å². The summed E-state index contributed by atoms with van der Waals surface area (Å²) in [6.45, 7) is 5.09. The second-order valence-corrected chi connectivity index (χ2v) is 8.91. The van der Waals surface area contributed by atoms with E-state index in [4.69, 9.17) is 16.1 Å². The molecule has 2 amide bonds. The Labute approximate surface area is 205 Å². The number of aryl methyl sites for hydroxylation is 1. The van der Waals surface area contributed by atoms with Crippen molar-refractivity contribution in [1.82, 2.24) is 24.8 Å². The zero-order chi connectivity index (χ0) is 22.3. The molecule has 180 valence electrons. The largest absolute Gasteiger partial charge is 0.343 e. The molecule has 4 rings (SSSR count). The van der Waals surface area contributed by atoms with Gasteiger partial charge >= 0.3 is 0 Å². The van der Waals surface area contributed by atoms with Gasteiger partial charge in [0.25, 0.3) is 5.91 Å². The molecule has 2 fully saturated rings. The minimum Gasteiger partial charge on any atom is -0.343 e. The third-order valence-electron chi connectivity index (χ3n) is 6.14. The van der Waals surface area contributed by atoms with Crippen molar-refractivity contribution < 1.29 is 14.1 Å². The molecule has 1 aromatic carbocycles. The first-order valence-corrected chi connectivity index (χ1v) is 11.8. The lowest BCUT2D eigenvalue weighted by Crippen LogP contribution is -2.48. The number of benzene rings is 1. The van der Waals surface area contributed by atoms with Crippen LogP contribution in [0, 0.1) is 0 Å². The van der Waals surface area contributed by atoms with Crippen LogP contribution >= 0.6 is 24.0 Å². The standard InChI is InChI=1S/C23H30ClN5O3.ClH/c24-19-7-5-18(6-8-19)23(31)29-15-13-27(14-16-29)17-20-25-21(32-26-20)9-10-22(30)28-11-3-1-2-4-12-28;/h5-8H,1-4,9-17H2;1H. The fraction of sp³-hybridized carbons (Fsp3) is 0.565. The summed E-state index contributed by atoms with van der Waals surface area (Å²) in [6, 6.07) is 6.99. The van der Waals surface area contributed by atoms with Crippen LogP contribution in [-0.4, -0.2) is 75.9 Å². The zero-order valence-corrected chi connectivity index (χ0v) is 20.3. The van der Waals surface area contributed by atoms with Crippen molar-refractivity contribution in [2.75, 3.05) is 39.3 Å². The summed E-state index contributed by atoms with van der Waals surface area (Å²) in [4.78, 5) is 35.6. The molecule has 2 aromatic rings. The van der Waals surface area contributed by atoms with E-state index >= 15 is 0 Å². The quantitative estimate of drug-likeness (QED) is 0.610. The molecule has 10 heteroatoms. The Bertz CT molecular complexity index is 905. The SMILES string of the molecule is Cl.O=C(CCc1nc(CN2CCN(C(=O)c3ccc(Cl)cc3)CC2)no1)N1CCCCCC1. The van der Waals surface area contributed by atoms with Gasteiger partial charge in [0.05, 0.1) is 6.54 Å². The number of hydrogen-bond acceptors (Lipinski definition) is 6. The lowest BCUT2D eigenvalue weighted by Gasteiger charge is -2.34. The molecule has 2 saturated heterocycles. The first-order valence-electron chi connectivity index (χ1n) is 11.4. The third-order valence-corrected chi connectivity index (χ3v) is 6.39. The number of amides is 2. The van der Waals surface area contributed by atoms with Gasteiger partial charge in [-0.15, -0.1) is 12.4 Å². The number of nitrogens with zero attached hydrogens (tertiary/aromatic N) is 5. The van der Waals surface area contributed by atoms with Gasteiger partial charge in [-0.1, -0.05) is 29.6 Å². The molecule has 2 aliphatic heterocycles. The van der Waals surface area contributed by atoms with Crippen molar-refractivity contribution in [3.63, 3.8) is 0 Å². The molecular weight excluding hydrogens is 465 g/mol. The van der Waals surface area contributed by atoms with Crippen LogP contribution in [0.25, 0.3) is 0 Å². The van der Waals surface area contributed by atoms with Crippen LogP contribution in [0.2, 0.25) is 5.02 Å². The predicted molar refractivity (Wildman–Crippen MR) is 128 cm³/mol. The second kappa shape index (κ2) is 12.3. The van der Waals surface area contributed by atoms with Gasteiger partial charge in [0.2, 0.25) is 11.8 Å². The molecule has 0 saturated carbocycles. The molecule has 0 spiro atoms. The summed E-state index contributed by atoms with van der Waals surface area (Å²) in [5.41, 5.74) is 0.653. The Kier molecular flexibility index (Phi) is 9.52. The smallest absolute Gasteiger partial charge is 0.253 e. The van der Waals surface area contributed by atoms with Gasteiger partial charge in [-0.05, 0) is 37.1 Å². The normalized spacial score (nSPS) is 17.4. The molecule has 0 N–H and O–H groups in total. The number of rotatable bonds is 6. The van der Waals surface area contributed by atoms with E-state index in [-0.39, 0.29) is 24.2 Å². The van der Waals surface area contributed by atoms with E-state index in [0.717, 1.165) is 39.0 Å². The minimum atomic E-state index is 0. The third kappa shape index (κ3) is 7.16. The molecule has 0 unspecified atom stereocenters. The van der Waals surface area contributed by atoms with Gasteiger partial charge in [-0.25, -0.2) is 0 Å². The monoisotopic (exact) mass is 495 g/mol. The first kappa shape index (κ1) is 25.5. The van der Waals surface area contributed by atoms with Crippen LogP contribution in [0.3, 0.4) is 0 Å². The van der Waals surface area contributed by atoms with E-state index in [9.17, 15) is 9.59 Å². The molecule has 0 bridgehead atoms.